The first-order valence-corrected chi connectivity index (χ1v) is 8.46. The van der Waals surface area contributed by atoms with Crippen molar-refractivity contribution in [3.05, 3.63) is 35.4 Å². The Morgan fingerprint density at radius 3 is 2.79 bits per heavy atom. The molecule has 0 spiro atoms. The average Bonchev–Trinajstić information content (AvgIpc) is 2.83. The molecule has 1 aliphatic heterocycles. The Morgan fingerprint density at radius 1 is 1.33 bits per heavy atom. The number of imide groups is 1. The molecule has 2 atom stereocenters. The van der Waals surface area contributed by atoms with Crippen molar-refractivity contribution in [2.75, 3.05) is 6.54 Å². The third kappa shape index (κ3) is 3.13. The summed E-state index contributed by atoms with van der Waals surface area (Å²) in [4.78, 5) is 37.6. The van der Waals surface area contributed by atoms with E-state index in [1.165, 1.54) is 5.56 Å². The van der Waals surface area contributed by atoms with Crippen LogP contribution in [0.3, 0.4) is 0 Å². The first kappa shape index (κ1) is 16.5. The van der Waals surface area contributed by atoms with Crippen LogP contribution in [0.15, 0.2) is 24.3 Å². The maximum absolute atomic E-state index is 12.4. The maximum atomic E-state index is 12.4. The molecule has 1 heterocycles. The van der Waals surface area contributed by atoms with Crippen LogP contribution in [0.25, 0.3) is 0 Å². The molecule has 6 heteroatoms. The van der Waals surface area contributed by atoms with Crippen molar-refractivity contribution in [3.63, 3.8) is 0 Å². The summed E-state index contributed by atoms with van der Waals surface area (Å²) < 4.78 is 0. The zero-order chi connectivity index (χ0) is 17.3. The van der Waals surface area contributed by atoms with Crippen molar-refractivity contribution in [2.24, 2.45) is 5.92 Å². The van der Waals surface area contributed by atoms with Crippen LogP contribution in [0, 0.1) is 5.92 Å². The van der Waals surface area contributed by atoms with Gasteiger partial charge in [-0.15, -0.1) is 0 Å². The lowest BCUT2D eigenvalue weighted by molar-refractivity contribution is -0.133. The second-order valence-electron chi connectivity index (χ2n) is 6.81. The summed E-state index contributed by atoms with van der Waals surface area (Å²) >= 11 is 0. The van der Waals surface area contributed by atoms with Crippen LogP contribution in [0.5, 0.6) is 0 Å². The summed E-state index contributed by atoms with van der Waals surface area (Å²) in [6.07, 6.45) is 2.91. The van der Waals surface area contributed by atoms with Gasteiger partial charge in [-0.2, -0.15) is 0 Å². The molecule has 3 rings (SSSR count). The second kappa shape index (κ2) is 6.63. The number of carbonyl (C=O) groups excluding carboxylic acids is 3. The predicted octanol–water partition coefficient (Wildman–Crippen LogP) is 1.76. The van der Waals surface area contributed by atoms with Crippen LogP contribution in [0.2, 0.25) is 0 Å². The van der Waals surface area contributed by atoms with Crippen molar-refractivity contribution in [1.29, 1.82) is 0 Å². The molecule has 24 heavy (non-hydrogen) atoms. The molecule has 0 aromatic heterocycles. The van der Waals surface area contributed by atoms with Gasteiger partial charge in [-0.3, -0.25) is 14.5 Å². The number of amides is 4. The smallest absolute Gasteiger partial charge is 0.325 e. The number of nitrogens with zero attached hydrogens (tertiary/aromatic N) is 1. The lowest BCUT2D eigenvalue weighted by atomic mass is 9.88. The van der Waals surface area contributed by atoms with E-state index in [-0.39, 0.29) is 30.3 Å². The normalized spacial score (nSPS) is 23.2. The number of hydrogen-bond donors (Lipinski definition) is 2. The zero-order valence-corrected chi connectivity index (χ0v) is 14.0. The molecular weight excluding hydrogens is 306 g/mol. The van der Waals surface area contributed by atoms with Crippen LogP contribution in [-0.4, -0.2) is 35.3 Å². The minimum Gasteiger partial charge on any atom is -0.348 e. The summed E-state index contributed by atoms with van der Waals surface area (Å²) in [6, 6.07) is 7.00. The summed E-state index contributed by atoms with van der Waals surface area (Å²) in [5, 5.41) is 5.61. The molecule has 2 N–H and O–H groups in total. The number of fused-ring (bicyclic) bond motifs is 1. The van der Waals surface area contributed by atoms with Crippen LogP contribution in [0.4, 0.5) is 4.79 Å². The number of rotatable bonds is 4. The third-order valence-electron chi connectivity index (χ3n) is 4.73. The molecule has 0 saturated carbocycles. The third-order valence-corrected chi connectivity index (χ3v) is 4.73. The van der Waals surface area contributed by atoms with E-state index < -0.39 is 12.1 Å². The fourth-order valence-electron chi connectivity index (χ4n) is 3.43. The summed E-state index contributed by atoms with van der Waals surface area (Å²) in [5.41, 5.74) is 2.39. The molecule has 128 valence electrons. The van der Waals surface area contributed by atoms with Crippen molar-refractivity contribution in [2.45, 2.75) is 45.2 Å². The quantitative estimate of drug-likeness (QED) is 0.826. The fourth-order valence-corrected chi connectivity index (χ4v) is 3.43. The SMILES string of the molecule is CC(C)[C@@H]1NC(=O)N(CC(=O)N[C@H]2CCCc3ccccc32)C1=O. The van der Waals surface area contributed by atoms with Gasteiger partial charge in [0.2, 0.25) is 5.91 Å². The van der Waals surface area contributed by atoms with E-state index in [0.717, 1.165) is 29.7 Å². The molecule has 6 nitrogen and oxygen atoms in total. The van der Waals surface area contributed by atoms with Crippen molar-refractivity contribution < 1.29 is 14.4 Å². The molecule has 0 bridgehead atoms. The van der Waals surface area contributed by atoms with Gasteiger partial charge in [0, 0.05) is 0 Å². The Morgan fingerprint density at radius 2 is 2.08 bits per heavy atom. The number of aryl methyl sites for hydroxylation is 1. The lowest BCUT2D eigenvalue weighted by Gasteiger charge is -2.27. The molecule has 1 fully saturated rings. The van der Waals surface area contributed by atoms with Crippen LogP contribution in [-0.2, 0) is 16.0 Å². The lowest BCUT2D eigenvalue weighted by Crippen LogP contribution is -2.43. The van der Waals surface area contributed by atoms with E-state index in [0.29, 0.717) is 0 Å². The van der Waals surface area contributed by atoms with Gasteiger partial charge >= 0.3 is 6.03 Å². The summed E-state index contributed by atoms with van der Waals surface area (Å²) in [5.74, 6) is -0.626. The fraction of sp³-hybridized carbons (Fsp3) is 0.500. The average molecular weight is 329 g/mol. The predicted molar refractivity (Wildman–Crippen MR) is 89.1 cm³/mol. The number of benzene rings is 1. The summed E-state index contributed by atoms with van der Waals surface area (Å²) in [6.45, 7) is 3.50. The molecule has 4 amide bonds. The van der Waals surface area contributed by atoms with Gasteiger partial charge < -0.3 is 10.6 Å². The first-order chi connectivity index (χ1) is 11.5. The second-order valence-corrected chi connectivity index (χ2v) is 6.81. The minimum atomic E-state index is -0.541. The van der Waals surface area contributed by atoms with Gasteiger partial charge in [0.05, 0.1) is 6.04 Å². The minimum absolute atomic E-state index is 0.000248. The van der Waals surface area contributed by atoms with E-state index in [2.05, 4.69) is 16.7 Å². The van der Waals surface area contributed by atoms with E-state index in [4.69, 9.17) is 0 Å². The Bertz CT molecular complexity index is 671. The molecular formula is C18H23N3O3. The number of nitrogens with one attached hydrogen (secondary N) is 2. The van der Waals surface area contributed by atoms with Crippen LogP contribution >= 0.6 is 0 Å². The summed E-state index contributed by atoms with van der Waals surface area (Å²) in [7, 11) is 0. The van der Waals surface area contributed by atoms with Gasteiger partial charge in [-0.1, -0.05) is 38.1 Å². The van der Waals surface area contributed by atoms with Gasteiger partial charge in [0.1, 0.15) is 12.6 Å². The molecule has 2 aliphatic rings. The van der Waals surface area contributed by atoms with Gasteiger partial charge in [0.15, 0.2) is 0 Å². The van der Waals surface area contributed by atoms with Gasteiger partial charge in [-0.25, -0.2) is 4.79 Å². The highest BCUT2D eigenvalue weighted by atomic mass is 16.2. The van der Waals surface area contributed by atoms with Crippen LogP contribution < -0.4 is 10.6 Å². The van der Waals surface area contributed by atoms with E-state index in [1.807, 2.05) is 32.0 Å². The zero-order valence-electron chi connectivity index (χ0n) is 14.0. The molecule has 1 aromatic carbocycles. The molecule has 1 aliphatic carbocycles. The molecule has 0 unspecified atom stereocenters. The monoisotopic (exact) mass is 329 g/mol. The Hall–Kier alpha value is -2.37. The molecule has 1 saturated heterocycles. The van der Waals surface area contributed by atoms with E-state index in [9.17, 15) is 14.4 Å². The van der Waals surface area contributed by atoms with Gasteiger partial charge in [0.25, 0.3) is 5.91 Å². The van der Waals surface area contributed by atoms with E-state index >= 15 is 0 Å². The highest BCUT2D eigenvalue weighted by molar-refractivity contribution is 6.06. The standard InChI is InChI=1S/C18H23N3O3/c1-11(2)16-17(23)21(18(24)20-16)10-15(22)19-14-9-5-7-12-6-3-4-8-13(12)14/h3-4,6,8,11,14,16H,5,7,9-10H2,1-2H3,(H,19,22)(H,20,24)/t14-,16-/m0/s1. The maximum Gasteiger partial charge on any atom is 0.325 e. The Kier molecular flexibility index (Phi) is 4.55. The van der Waals surface area contributed by atoms with Crippen molar-refractivity contribution in [1.82, 2.24) is 15.5 Å². The Balaban J connectivity index is 1.65. The van der Waals surface area contributed by atoms with Crippen molar-refractivity contribution in [3.8, 4) is 0 Å². The largest absolute Gasteiger partial charge is 0.348 e. The highest BCUT2D eigenvalue weighted by Crippen LogP contribution is 2.29. The highest BCUT2D eigenvalue weighted by Gasteiger charge is 2.40. The first-order valence-electron chi connectivity index (χ1n) is 8.46. The molecule has 0 radical (unpaired) electrons. The van der Waals surface area contributed by atoms with Crippen LogP contribution in [0.1, 0.15) is 43.9 Å². The van der Waals surface area contributed by atoms with Crippen molar-refractivity contribution >= 4 is 17.8 Å². The number of carbonyl (C=O) groups is 3. The number of hydrogen-bond acceptors (Lipinski definition) is 3. The Labute approximate surface area is 141 Å². The topological polar surface area (TPSA) is 78.5 Å². The van der Waals surface area contributed by atoms with E-state index in [1.54, 1.807) is 0 Å². The molecule has 1 aromatic rings. The van der Waals surface area contributed by atoms with Gasteiger partial charge in [-0.05, 0) is 36.3 Å². The number of urea groups is 1.